The van der Waals surface area contributed by atoms with Crippen molar-refractivity contribution in [1.29, 1.82) is 0 Å². The lowest BCUT2D eigenvalue weighted by molar-refractivity contribution is -0.119. The van der Waals surface area contributed by atoms with Gasteiger partial charge in [-0.05, 0) is 42.3 Å². The van der Waals surface area contributed by atoms with Gasteiger partial charge in [0.1, 0.15) is 0 Å². The van der Waals surface area contributed by atoms with Gasteiger partial charge in [0.25, 0.3) is 5.91 Å². The number of carbonyl (C=O) groups is 2. The Morgan fingerprint density at radius 3 is 2.57 bits per heavy atom. The predicted molar refractivity (Wildman–Crippen MR) is 107 cm³/mol. The molecule has 9 heteroatoms. The minimum absolute atomic E-state index is 0.0180. The second-order valence-corrected chi connectivity index (χ2v) is 9.05. The van der Waals surface area contributed by atoms with E-state index in [0.29, 0.717) is 17.3 Å². The smallest absolute Gasteiger partial charge is 0.253 e. The number of carbonyl (C=O) groups excluding carboxylic acids is 2. The minimum Gasteiger partial charge on any atom is -0.341 e. The van der Waals surface area contributed by atoms with Crippen LogP contribution in [-0.4, -0.2) is 49.5 Å². The second kappa shape index (κ2) is 7.89. The van der Waals surface area contributed by atoms with Crippen molar-refractivity contribution < 1.29 is 18.0 Å². The largest absolute Gasteiger partial charge is 0.341 e. The summed E-state index contributed by atoms with van der Waals surface area (Å²) < 4.78 is 25.4. The summed E-state index contributed by atoms with van der Waals surface area (Å²) in [6, 6.07) is 8.08. The normalized spacial score (nSPS) is 18.3. The van der Waals surface area contributed by atoms with Gasteiger partial charge in [0.2, 0.25) is 15.9 Å². The molecular weight excluding hydrogens is 402 g/mol. The van der Waals surface area contributed by atoms with E-state index in [0.717, 1.165) is 5.56 Å². The Kier molecular flexibility index (Phi) is 5.71. The molecule has 2 amide bonds. The Morgan fingerprint density at radius 1 is 1.29 bits per heavy atom. The molecule has 2 aromatic rings. The Balaban J connectivity index is 1.82. The molecule has 0 aliphatic carbocycles. The van der Waals surface area contributed by atoms with Crippen molar-refractivity contribution in [3.8, 4) is 0 Å². The number of pyridine rings is 1. The van der Waals surface area contributed by atoms with Gasteiger partial charge in [-0.2, -0.15) is 0 Å². The van der Waals surface area contributed by atoms with Crippen molar-refractivity contribution >= 4 is 39.1 Å². The van der Waals surface area contributed by atoms with E-state index in [-0.39, 0.29) is 27.9 Å². The van der Waals surface area contributed by atoms with E-state index in [9.17, 15) is 18.0 Å². The van der Waals surface area contributed by atoms with Crippen LogP contribution < -0.4 is 4.31 Å². The Hall–Kier alpha value is -2.45. The molecule has 0 spiro atoms. The molecule has 1 unspecified atom stereocenters. The monoisotopic (exact) mass is 421 g/mol. The van der Waals surface area contributed by atoms with E-state index < -0.39 is 21.8 Å². The number of hydrogen-bond acceptors (Lipinski definition) is 5. The van der Waals surface area contributed by atoms with Gasteiger partial charge in [0.05, 0.1) is 22.4 Å². The van der Waals surface area contributed by atoms with Crippen LogP contribution in [0.5, 0.6) is 0 Å². The van der Waals surface area contributed by atoms with Crippen molar-refractivity contribution in [1.82, 2.24) is 9.88 Å². The fraction of sp³-hybridized carbons (Fsp3) is 0.316. The van der Waals surface area contributed by atoms with Gasteiger partial charge in [-0.25, -0.2) is 12.7 Å². The van der Waals surface area contributed by atoms with Crippen LogP contribution in [-0.2, 0) is 21.2 Å². The summed E-state index contributed by atoms with van der Waals surface area (Å²) in [5.74, 6) is -1.75. The SMILES string of the molecule is CC1CS(=O)(=O)N(c2cc(C(=O)N(C)CCc3ccncc3)ccc2Cl)C1=O. The molecule has 0 N–H and O–H groups in total. The number of likely N-dealkylation sites (N-methyl/N-ethyl adjacent to an activating group) is 1. The zero-order chi connectivity index (χ0) is 20.5. The maximum absolute atomic E-state index is 12.8. The molecule has 1 saturated heterocycles. The van der Waals surface area contributed by atoms with E-state index in [1.54, 1.807) is 26.4 Å². The van der Waals surface area contributed by atoms with Crippen LogP contribution >= 0.6 is 11.6 Å². The van der Waals surface area contributed by atoms with E-state index in [2.05, 4.69) is 4.98 Å². The van der Waals surface area contributed by atoms with Gasteiger partial charge in [-0.3, -0.25) is 14.6 Å². The molecule has 1 aliphatic rings. The molecule has 3 rings (SSSR count). The number of anilines is 1. The lowest BCUT2D eigenvalue weighted by Crippen LogP contribution is -2.32. The number of benzene rings is 1. The van der Waals surface area contributed by atoms with E-state index in [1.165, 1.54) is 23.1 Å². The summed E-state index contributed by atoms with van der Waals surface area (Å²) in [7, 11) is -2.14. The van der Waals surface area contributed by atoms with E-state index in [1.807, 2.05) is 12.1 Å². The lowest BCUT2D eigenvalue weighted by Gasteiger charge is -2.20. The molecule has 1 aromatic heterocycles. The summed E-state index contributed by atoms with van der Waals surface area (Å²) >= 11 is 6.15. The highest BCUT2D eigenvalue weighted by Gasteiger charge is 2.43. The molecule has 7 nitrogen and oxygen atoms in total. The van der Waals surface area contributed by atoms with Crippen molar-refractivity contribution in [2.75, 3.05) is 23.7 Å². The van der Waals surface area contributed by atoms with Crippen LogP contribution in [0.1, 0.15) is 22.8 Å². The third-order valence-electron chi connectivity index (χ3n) is 4.60. The lowest BCUT2D eigenvalue weighted by atomic mass is 10.1. The van der Waals surface area contributed by atoms with Gasteiger partial charge in [0.15, 0.2) is 0 Å². The van der Waals surface area contributed by atoms with Gasteiger partial charge < -0.3 is 4.90 Å². The van der Waals surface area contributed by atoms with Crippen molar-refractivity contribution in [2.45, 2.75) is 13.3 Å². The molecule has 0 bridgehead atoms. The molecule has 148 valence electrons. The summed E-state index contributed by atoms with van der Waals surface area (Å²) in [6.45, 7) is 2.02. The van der Waals surface area contributed by atoms with Gasteiger partial charge >= 0.3 is 0 Å². The topological polar surface area (TPSA) is 87.7 Å². The number of hydrogen-bond donors (Lipinski definition) is 0. The molecule has 0 saturated carbocycles. The molecular formula is C19H20ClN3O4S. The number of rotatable bonds is 5. The van der Waals surface area contributed by atoms with Crippen LogP contribution in [0.2, 0.25) is 5.02 Å². The molecule has 1 aliphatic heterocycles. The van der Waals surface area contributed by atoms with Gasteiger partial charge in [-0.1, -0.05) is 18.5 Å². The first-order valence-electron chi connectivity index (χ1n) is 8.71. The van der Waals surface area contributed by atoms with Crippen LogP contribution in [0.15, 0.2) is 42.7 Å². The molecule has 1 atom stereocenters. The third-order valence-corrected chi connectivity index (χ3v) is 6.78. The molecule has 1 aromatic carbocycles. The van der Waals surface area contributed by atoms with Gasteiger partial charge in [-0.15, -0.1) is 0 Å². The summed E-state index contributed by atoms with van der Waals surface area (Å²) in [4.78, 5) is 30.6. The zero-order valence-corrected chi connectivity index (χ0v) is 17.1. The number of nitrogens with zero attached hydrogens (tertiary/aromatic N) is 3. The van der Waals surface area contributed by atoms with E-state index >= 15 is 0 Å². The maximum atomic E-state index is 12.8. The first-order chi connectivity index (χ1) is 13.2. The first kappa shape index (κ1) is 20.3. The third kappa shape index (κ3) is 4.02. The average molecular weight is 422 g/mol. The molecule has 2 heterocycles. The highest BCUT2D eigenvalue weighted by atomic mass is 35.5. The van der Waals surface area contributed by atoms with Crippen LogP contribution in [0.3, 0.4) is 0 Å². The standard InChI is InChI=1S/C19H20ClN3O4S/c1-13-12-28(26,27)23(18(13)24)17-11-15(3-4-16(17)20)19(25)22(2)10-7-14-5-8-21-9-6-14/h3-6,8-9,11,13H,7,10,12H2,1-2H3. The number of sulfonamides is 1. The van der Waals surface area contributed by atoms with Crippen molar-refractivity contribution in [3.05, 3.63) is 58.9 Å². The average Bonchev–Trinajstić information content (AvgIpc) is 2.87. The predicted octanol–water partition coefficient (Wildman–Crippen LogP) is 2.36. The fourth-order valence-corrected chi connectivity index (χ4v) is 5.12. The molecule has 28 heavy (non-hydrogen) atoms. The Bertz CT molecular complexity index is 1010. The Labute approximate surface area is 169 Å². The fourth-order valence-electron chi connectivity index (χ4n) is 3.04. The van der Waals surface area contributed by atoms with Crippen molar-refractivity contribution in [2.24, 2.45) is 5.92 Å². The number of amides is 2. The summed E-state index contributed by atoms with van der Waals surface area (Å²) in [6.07, 6.45) is 4.04. The van der Waals surface area contributed by atoms with Crippen LogP contribution in [0.4, 0.5) is 5.69 Å². The highest BCUT2D eigenvalue weighted by Crippen LogP contribution is 2.34. The number of halogens is 1. The van der Waals surface area contributed by atoms with E-state index in [4.69, 9.17) is 11.6 Å². The van der Waals surface area contributed by atoms with Crippen LogP contribution in [0.25, 0.3) is 0 Å². The summed E-state index contributed by atoms with van der Waals surface area (Å²) in [5, 5.41) is 0.0991. The zero-order valence-electron chi connectivity index (χ0n) is 15.5. The minimum atomic E-state index is -3.80. The molecule has 1 fully saturated rings. The number of aromatic nitrogens is 1. The van der Waals surface area contributed by atoms with Crippen LogP contribution in [0, 0.1) is 5.92 Å². The van der Waals surface area contributed by atoms with Gasteiger partial charge in [0, 0.05) is 31.5 Å². The first-order valence-corrected chi connectivity index (χ1v) is 10.7. The summed E-state index contributed by atoms with van der Waals surface area (Å²) in [5.41, 5.74) is 1.33. The maximum Gasteiger partial charge on any atom is 0.253 e. The quantitative estimate of drug-likeness (QED) is 0.739. The van der Waals surface area contributed by atoms with Crippen molar-refractivity contribution in [3.63, 3.8) is 0 Å². The highest BCUT2D eigenvalue weighted by molar-refractivity contribution is 7.94. The molecule has 0 radical (unpaired) electrons. The Morgan fingerprint density at radius 2 is 1.96 bits per heavy atom. The second-order valence-electron chi connectivity index (χ2n) is 6.78.